The third-order valence-electron chi connectivity index (χ3n) is 3.94. The maximum Gasteiger partial charge on any atom is 0.0521 e. The minimum absolute atomic E-state index is 0.711. The number of hydrogen-bond donors (Lipinski definition) is 1. The van der Waals surface area contributed by atoms with Crippen molar-refractivity contribution in [2.75, 3.05) is 6.54 Å². The van der Waals surface area contributed by atoms with Crippen molar-refractivity contribution >= 4 is 0 Å². The van der Waals surface area contributed by atoms with Crippen LogP contribution in [-0.4, -0.2) is 22.4 Å². The highest BCUT2D eigenvalue weighted by Crippen LogP contribution is 2.29. The van der Waals surface area contributed by atoms with Gasteiger partial charge in [-0.3, -0.25) is 4.68 Å². The van der Waals surface area contributed by atoms with E-state index in [1.807, 2.05) is 17.9 Å². The molecule has 3 heteroatoms. The Morgan fingerprint density at radius 2 is 2.24 bits per heavy atom. The summed E-state index contributed by atoms with van der Waals surface area (Å²) in [5, 5.41) is 7.91. The van der Waals surface area contributed by atoms with Crippen molar-refractivity contribution in [2.45, 2.75) is 51.5 Å². The summed E-state index contributed by atoms with van der Waals surface area (Å²) in [4.78, 5) is 0. The van der Waals surface area contributed by atoms with E-state index in [-0.39, 0.29) is 0 Å². The fourth-order valence-electron chi connectivity index (χ4n) is 3.05. The van der Waals surface area contributed by atoms with Crippen molar-refractivity contribution in [1.82, 2.24) is 15.1 Å². The van der Waals surface area contributed by atoms with E-state index in [0.29, 0.717) is 6.04 Å². The van der Waals surface area contributed by atoms with E-state index in [1.165, 1.54) is 37.7 Å². The molecule has 0 bridgehead atoms. The molecule has 1 heterocycles. The lowest BCUT2D eigenvalue weighted by molar-refractivity contribution is 0.346. The quantitative estimate of drug-likeness (QED) is 0.821. The van der Waals surface area contributed by atoms with Gasteiger partial charge >= 0.3 is 0 Å². The predicted molar refractivity (Wildman–Crippen MR) is 71.0 cm³/mol. The van der Waals surface area contributed by atoms with Crippen LogP contribution in [0.4, 0.5) is 0 Å². The number of hydrogen-bond acceptors (Lipinski definition) is 2. The van der Waals surface area contributed by atoms with E-state index >= 15 is 0 Å². The Bertz CT molecular complexity index is 326. The second-order valence-electron chi connectivity index (χ2n) is 5.27. The van der Waals surface area contributed by atoms with Crippen molar-refractivity contribution in [3.63, 3.8) is 0 Å². The van der Waals surface area contributed by atoms with Crippen LogP contribution >= 0.6 is 0 Å². The van der Waals surface area contributed by atoms with E-state index in [1.54, 1.807) is 0 Å². The largest absolute Gasteiger partial charge is 0.314 e. The van der Waals surface area contributed by atoms with Crippen LogP contribution in [0.2, 0.25) is 0 Å². The first-order valence-corrected chi connectivity index (χ1v) is 7.00. The highest BCUT2D eigenvalue weighted by atomic mass is 15.2. The maximum absolute atomic E-state index is 4.23. The predicted octanol–water partition coefficient (Wildman–Crippen LogP) is 2.52. The average Bonchev–Trinajstić information content (AvgIpc) is 2.95. The molecule has 1 unspecified atom stereocenters. The van der Waals surface area contributed by atoms with Gasteiger partial charge in [0.25, 0.3) is 0 Å². The smallest absolute Gasteiger partial charge is 0.0521 e. The molecular weight excluding hydrogens is 210 g/mol. The Morgan fingerprint density at radius 3 is 2.82 bits per heavy atom. The minimum atomic E-state index is 0.711. The van der Waals surface area contributed by atoms with Gasteiger partial charge in [-0.15, -0.1) is 0 Å². The molecule has 0 spiro atoms. The number of aryl methyl sites for hydroxylation is 2. The molecule has 0 radical (unpaired) electrons. The van der Waals surface area contributed by atoms with Gasteiger partial charge in [0.2, 0.25) is 0 Å². The van der Waals surface area contributed by atoms with Crippen molar-refractivity contribution < 1.29 is 0 Å². The second kappa shape index (κ2) is 6.20. The third kappa shape index (κ3) is 3.56. The van der Waals surface area contributed by atoms with Gasteiger partial charge in [-0.25, -0.2) is 0 Å². The standard InChI is InChI=1S/C14H25N3/c1-3-15-14(13-6-4-5-7-13)9-8-12-10-16-17(2)11-12/h10-11,13-15H,3-9H2,1-2H3. The van der Waals surface area contributed by atoms with Crippen molar-refractivity contribution in [1.29, 1.82) is 0 Å². The number of nitrogens with one attached hydrogen (secondary N) is 1. The summed E-state index contributed by atoms with van der Waals surface area (Å²) < 4.78 is 1.90. The van der Waals surface area contributed by atoms with Crippen LogP contribution in [0.1, 0.15) is 44.6 Å². The van der Waals surface area contributed by atoms with E-state index in [9.17, 15) is 0 Å². The first-order valence-electron chi connectivity index (χ1n) is 7.00. The van der Waals surface area contributed by atoms with Crippen LogP contribution in [-0.2, 0) is 13.5 Å². The average molecular weight is 235 g/mol. The lowest BCUT2D eigenvalue weighted by Crippen LogP contribution is -2.35. The van der Waals surface area contributed by atoms with Crippen LogP contribution in [0.3, 0.4) is 0 Å². The molecule has 0 aromatic carbocycles. The topological polar surface area (TPSA) is 29.9 Å². The Balaban J connectivity index is 1.84. The van der Waals surface area contributed by atoms with Gasteiger partial charge in [0.1, 0.15) is 0 Å². The fourth-order valence-corrected chi connectivity index (χ4v) is 3.05. The van der Waals surface area contributed by atoms with Crippen LogP contribution in [0.15, 0.2) is 12.4 Å². The van der Waals surface area contributed by atoms with Crippen LogP contribution in [0, 0.1) is 5.92 Å². The van der Waals surface area contributed by atoms with E-state index < -0.39 is 0 Å². The zero-order valence-corrected chi connectivity index (χ0v) is 11.2. The first-order chi connectivity index (χ1) is 8.29. The summed E-state index contributed by atoms with van der Waals surface area (Å²) in [6.45, 7) is 3.31. The monoisotopic (exact) mass is 235 g/mol. The van der Waals surface area contributed by atoms with Gasteiger partial charge in [0, 0.05) is 19.3 Å². The molecule has 1 aromatic rings. The summed E-state index contributed by atoms with van der Waals surface area (Å²) in [5.41, 5.74) is 1.37. The van der Waals surface area contributed by atoms with Crippen LogP contribution in [0.25, 0.3) is 0 Å². The Kier molecular flexibility index (Phi) is 4.60. The van der Waals surface area contributed by atoms with Gasteiger partial charge in [-0.05, 0) is 43.7 Å². The molecule has 1 aliphatic carbocycles. The molecule has 3 nitrogen and oxygen atoms in total. The molecule has 17 heavy (non-hydrogen) atoms. The molecule has 0 amide bonds. The summed E-state index contributed by atoms with van der Waals surface area (Å²) >= 11 is 0. The summed E-state index contributed by atoms with van der Waals surface area (Å²) in [6.07, 6.45) is 12.2. The summed E-state index contributed by atoms with van der Waals surface area (Å²) in [7, 11) is 1.99. The van der Waals surface area contributed by atoms with E-state index in [0.717, 1.165) is 18.9 Å². The minimum Gasteiger partial charge on any atom is -0.314 e. The van der Waals surface area contributed by atoms with Gasteiger partial charge in [-0.1, -0.05) is 19.8 Å². The lowest BCUT2D eigenvalue weighted by Gasteiger charge is -2.24. The van der Waals surface area contributed by atoms with Gasteiger partial charge in [0.15, 0.2) is 0 Å². The highest BCUT2D eigenvalue weighted by molar-refractivity contribution is 5.04. The Labute approximate surface area is 105 Å². The molecule has 1 fully saturated rings. The maximum atomic E-state index is 4.23. The molecular formula is C14H25N3. The van der Waals surface area contributed by atoms with E-state index in [2.05, 4.69) is 23.5 Å². The molecule has 1 saturated carbocycles. The normalized spacial score (nSPS) is 18.7. The molecule has 1 N–H and O–H groups in total. The zero-order chi connectivity index (χ0) is 12.1. The Hall–Kier alpha value is -0.830. The van der Waals surface area contributed by atoms with Crippen molar-refractivity contribution in [2.24, 2.45) is 13.0 Å². The lowest BCUT2D eigenvalue weighted by atomic mass is 9.93. The van der Waals surface area contributed by atoms with Gasteiger partial charge < -0.3 is 5.32 Å². The van der Waals surface area contributed by atoms with Crippen LogP contribution in [0.5, 0.6) is 0 Å². The van der Waals surface area contributed by atoms with Crippen molar-refractivity contribution in [3.8, 4) is 0 Å². The first kappa shape index (κ1) is 12.6. The molecule has 0 saturated heterocycles. The van der Waals surface area contributed by atoms with Crippen LogP contribution < -0.4 is 5.32 Å². The second-order valence-corrected chi connectivity index (χ2v) is 5.27. The number of nitrogens with zero attached hydrogens (tertiary/aromatic N) is 2. The fraction of sp³-hybridized carbons (Fsp3) is 0.786. The Morgan fingerprint density at radius 1 is 1.47 bits per heavy atom. The molecule has 96 valence electrons. The molecule has 1 aliphatic rings. The van der Waals surface area contributed by atoms with Crippen molar-refractivity contribution in [3.05, 3.63) is 18.0 Å². The zero-order valence-electron chi connectivity index (χ0n) is 11.2. The number of aromatic nitrogens is 2. The third-order valence-corrected chi connectivity index (χ3v) is 3.94. The van der Waals surface area contributed by atoms with Gasteiger partial charge in [0.05, 0.1) is 6.20 Å². The number of rotatable bonds is 6. The van der Waals surface area contributed by atoms with Gasteiger partial charge in [-0.2, -0.15) is 5.10 Å². The summed E-state index contributed by atoms with van der Waals surface area (Å²) in [5.74, 6) is 0.909. The van der Waals surface area contributed by atoms with E-state index in [4.69, 9.17) is 0 Å². The summed E-state index contributed by atoms with van der Waals surface area (Å²) in [6, 6.07) is 0.711. The molecule has 2 rings (SSSR count). The molecule has 1 atom stereocenters. The molecule has 1 aromatic heterocycles. The molecule has 0 aliphatic heterocycles. The highest BCUT2D eigenvalue weighted by Gasteiger charge is 2.23. The SMILES string of the molecule is CCNC(CCc1cnn(C)c1)C1CCCC1.